The summed E-state index contributed by atoms with van der Waals surface area (Å²) >= 11 is 0. The van der Waals surface area contributed by atoms with Crippen LogP contribution in [0.3, 0.4) is 0 Å². The topological polar surface area (TPSA) is 38.2 Å². The highest BCUT2D eigenvalue weighted by atomic mass is 16.5. The average molecular weight is 309 g/mol. The molecule has 1 aliphatic heterocycles. The number of rotatable bonds is 5. The number of benzene rings is 1. The van der Waals surface area contributed by atoms with E-state index in [2.05, 4.69) is 58.2 Å². The summed E-state index contributed by atoms with van der Waals surface area (Å²) in [4.78, 5) is 10.7. The van der Waals surface area contributed by atoms with Crippen molar-refractivity contribution in [1.29, 1.82) is 0 Å². The minimum absolute atomic E-state index is 0.251. The molecule has 1 aliphatic rings. The Morgan fingerprint density at radius 1 is 1.22 bits per heavy atom. The third-order valence-corrected chi connectivity index (χ3v) is 4.05. The summed E-state index contributed by atoms with van der Waals surface area (Å²) in [5.74, 6) is 0.631. The highest BCUT2D eigenvalue weighted by molar-refractivity contribution is 5.52. The van der Waals surface area contributed by atoms with Gasteiger partial charge in [-0.05, 0) is 25.3 Å². The van der Waals surface area contributed by atoms with Crippen LogP contribution in [0, 0.1) is 0 Å². The number of hydrogen-bond donors (Lipinski definition) is 0. The van der Waals surface area contributed by atoms with E-state index in [1.165, 1.54) is 11.1 Å². The zero-order valence-electron chi connectivity index (χ0n) is 13.6. The van der Waals surface area contributed by atoms with Crippen LogP contribution in [0.5, 0.6) is 5.88 Å². The van der Waals surface area contributed by atoms with Gasteiger partial charge in [0.05, 0.1) is 6.20 Å². The predicted octanol–water partition coefficient (Wildman–Crippen LogP) is 3.42. The number of piperidine rings is 1. The molecule has 0 aliphatic carbocycles. The minimum atomic E-state index is 0.251. The van der Waals surface area contributed by atoms with Gasteiger partial charge in [-0.1, -0.05) is 42.0 Å². The Balaban J connectivity index is 1.46. The number of likely N-dealkylation sites (tertiary alicyclic amines) is 1. The van der Waals surface area contributed by atoms with Crippen molar-refractivity contribution in [3.63, 3.8) is 0 Å². The van der Waals surface area contributed by atoms with Gasteiger partial charge in [-0.3, -0.25) is 9.88 Å². The van der Waals surface area contributed by atoms with Crippen LogP contribution in [0.1, 0.15) is 25.3 Å². The van der Waals surface area contributed by atoms with Crippen LogP contribution < -0.4 is 4.74 Å². The second-order valence-corrected chi connectivity index (χ2v) is 6.04. The van der Waals surface area contributed by atoms with E-state index in [0.717, 1.165) is 32.5 Å². The van der Waals surface area contributed by atoms with Gasteiger partial charge in [0.1, 0.15) is 6.10 Å². The van der Waals surface area contributed by atoms with Gasteiger partial charge >= 0.3 is 0 Å². The number of aromatic nitrogens is 2. The molecule has 0 bridgehead atoms. The molecule has 1 aromatic heterocycles. The maximum absolute atomic E-state index is 5.89. The molecule has 0 N–H and O–H groups in total. The third-order valence-electron chi connectivity index (χ3n) is 4.05. The van der Waals surface area contributed by atoms with Gasteiger partial charge in [-0.15, -0.1) is 0 Å². The summed E-state index contributed by atoms with van der Waals surface area (Å²) in [6, 6.07) is 10.5. The van der Waals surface area contributed by atoms with Crippen LogP contribution in [0.25, 0.3) is 6.08 Å². The molecule has 3 rings (SSSR count). The summed E-state index contributed by atoms with van der Waals surface area (Å²) in [6.07, 6.45) is 9.60. The van der Waals surface area contributed by atoms with Crippen molar-refractivity contribution in [3.05, 3.63) is 60.1 Å². The van der Waals surface area contributed by atoms with Gasteiger partial charge in [0.2, 0.25) is 5.88 Å². The molecule has 23 heavy (non-hydrogen) atoms. The monoisotopic (exact) mass is 309 g/mol. The lowest BCUT2D eigenvalue weighted by molar-refractivity contribution is 0.101. The first-order chi connectivity index (χ1) is 11.3. The Labute approximate surface area is 137 Å². The average Bonchev–Trinajstić information content (AvgIpc) is 2.58. The van der Waals surface area contributed by atoms with Crippen molar-refractivity contribution in [2.24, 2.45) is 0 Å². The van der Waals surface area contributed by atoms with E-state index in [1.807, 2.05) is 0 Å². The zero-order chi connectivity index (χ0) is 15.9. The molecule has 0 saturated carbocycles. The maximum Gasteiger partial charge on any atom is 0.232 e. The lowest BCUT2D eigenvalue weighted by Crippen LogP contribution is -2.39. The van der Waals surface area contributed by atoms with Crippen LogP contribution >= 0.6 is 0 Å². The first kappa shape index (κ1) is 15.7. The quantitative estimate of drug-likeness (QED) is 0.848. The van der Waals surface area contributed by atoms with Crippen molar-refractivity contribution in [2.75, 3.05) is 19.6 Å². The minimum Gasteiger partial charge on any atom is -0.473 e. The molecule has 1 saturated heterocycles. The highest BCUT2D eigenvalue weighted by Crippen LogP contribution is 2.17. The Morgan fingerprint density at radius 3 is 2.70 bits per heavy atom. The summed E-state index contributed by atoms with van der Waals surface area (Å²) < 4.78 is 5.89. The molecular formula is C19H23N3O. The van der Waals surface area contributed by atoms with Crippen molar-refractivity contribution in [3.8, 4) is 5.88 Å². The largest absolute Gasteiger partial charge is 0.473 e. The molecule has 0 radical (unpaired) electrons. The van der Waals surface area contributed by atoms with E-state index < -0.39 is 0 Å². The molecule has 0 atom stereocenters. The van der Waals surface area contributed by atoms with E-state index in [0.29, 0.717) is 5.88 Å². The first-order valence-corrected chi connectivity index (χ1v) is 8.17. The number of hydrogen-bond acceptors (Lipinski definition) is 4. The zero-order valence-corrected chi connectivity index (χ0v) is 13.6. The summed E-state index contributed by atoms with van der Waals surface area (Å²) in [5, 5.41) is 0. The molecule has 0 spiro atoms. The predicted molar refractivity (Wildman–Crippen MR) is 92.2 cm³/mol. The van der Waals surface area contributed by atoms with Gasteiger partial charge < -0.3 is 4.74 Å². The second-order valence-electron chi connectivity index (χ2n) is 6.04. The fraction of sp³-hybridized carbons (Fsp3) is 0.368. The van der Waals surface area contributed by atoms with Gasteiger partial charge in [0, 0.05) is 32.0 Å². The maximum atomic E-state index is 5.89. The fourth-order valence-electron chi connectivity index (χ4n) is 2.93. The van der Waals surface area contributed by atoms with E-state index in [4.69, 9.17) is 4.74 Å². The van der Waals surface area contributed by atoms with E-state index in [-0.39, 0.29) is 6.10 Å². The van der Waals surface area contributed by atoms with Crippen LogP contribution in [0.2, 0.25) is 0 Å². The Hall–Kier alpha value is -2.20. The van der Waals surface area contributed by atoms with E-state index in [9.17, 15) is 0 Å². The number of nitrogens with zero attached hydrogens (tertiary/aromatic N) is 3. The van der Waals surface area contributed by atoms with Crippen molar-refractivity contribution < 1.29 is 4.74 Å². The number of ether oxygens (including phenoxy) is 1. The SMILES string of the molecule is C/C(=C\c1ccccc1)CN1CCC(Oc2cnccn2)CC1. The lowest BCUT2D eigenvalue weighted by atomic mass is 10.1. The van der Waals surface area contributed by atoms with E-state index in [1.54, 1.807) is 18.6 Å². The lowest BCUT2D eigenvalue weighted by Gasteiger charge is -2.32. The van der Waals surface area contributed by atoms with Crippen molar-refractivity contribution >= 4 is 6.08 Å². The molecule has 1 fully saturated rings. The molecule has 4 heteroatoms. The molecule has 2 aromatic rings. The summed E-state index contributed by atoms with van der Waals surface area (Å²) in [7, 11) is 0. The fourth-order valence-corrected chi connectivity index (χ4v) is 2.93. The summed E-state index contributed by atoms with van der Waals surface area (Å²) in [5.41, 5.74) is 2.66. The molecule has 120 valence electrons. The molecule has 0 unspecified atom stereocenters. The third kappa shape index (κ3) is 4.89. The van der Waals surface area contributed by atoms with Gasteiger partial charge in [-0.25, -0.2) is 4.98 Å². The smallest absolute Gasteiger partial charge is 0.232 e. The Morgan fingerprint density at radius 2 is 2.00 bits per heavy atom. The Kier molecular flexibility index (Phi) is 5.37. The van der Waals surface area contributed by atoms with Crippen LogP contribution in [-0.2, 0) is 0 Å². The van der Waals surface area contributed by atoms with Crippen molar-refractivity contribution in [1.82, 2.24) is 14.9 Å². The summed E-state index contributed by atoms with van der Waals surface area (Å²) in [6.45, 7) is 5.34. The van der Waals surface area contributed by atoms with Gasteiger partial charge in [0.25, 0.3) is 0 Å². The molecular weight excluding hydrogens is 286 g/mol. The van der Waals surface area contributed by atoms with Crippen molar-refractivity contribution in [2.45, 2.75) is 25.9 Å². The highest BCUT2D eigenvalue weighted by Gasteiger charge is 2.20. The van der Waals surface area contributed by atoms with E-state index >= 15 is 0 Å². The molecule has 1 aromatic carbocycles. The second kappa shape index (κ2) is 7.88. The van der Waals surface area contributed by atoms with Crippen LogP contribution in [-0.4, -0.2) is 40.6 Å². The van der Waals surface area contributed by atoms with Crippen LogP contribution in [0.15, 0.2) is 54.5 Å². The molecule has 2 heterocycles. The normalized spacial score (nSPS) is 17.2. The molecule has 4 nitrogen and oxygen atoms in total. The standard InChI is InChI=1S/C19H23N3O/c1-16(13-17-5-3-2-4-6-17)15-22-11-7-18(8-12-22)23-19-14-20-9-10-21-19/h2-6,9-10,13-14,18H,7-8,11-12,15H2,1H3/b16-13+. The van der Waals surface area contributed by atoms with Gasteiger partial charge in [-0.2, -0.15) is 0 Å². The van der Waals surface area contributed by atoms with Crippen LogP contribution in [0.4, 0.5) is 0 Å². The Bertz CT molecular complexity index is 620. The molecule has 0 amide bonds. The first-order valence-electron chi connectivity index (χ1n) is 8.17. The van der Waals surface area contributed by atoms with Gasteiger partial charge in [0.15, 0.2) is 0 Å².